The molecule has 8 heteroatoms. The number of nitrogens with zero attached hydrogens (tertiary/aromatic N) is 2. The van der Waals surface area contributed by atoms with Gasteiger partial charge in [0.2, 0.25) is 11.8 Å². The van der Waals surface area contributed by atoms with Crippen LogP contribution in [0.4, 0.5) is 4.39 Å². The molecule has 0 atom stereocenters. The van der Waals surface area contributed by atoms with Crippen molar-refractivity contribution in [3.8, 4) is 11.6 Å². The molecule has 0 unspecified atom stereocenters. The fourth-order valence-electron chi connectivity index (χ4n) is 4.45. The second-order valence-electron chi connectivity index (χ2n) is 8.31. The number of benzene rings is 1. The summed E-state index contributed by atoms with van der Waals surface area (Å²) in [7, 11) is 0. The third kappa shape index (κ3) is 5.41. The highest BCUT2D eigenvalue weighted by atomic mass is 32.2. The van der Waals surface area contributed by atoms with Crippen molar-refractivity contribution in [2.75, 3.05) is 12.8 Å². The molecule has 4 rings (SSSR count). The molecule has 1 aliphatic carbocycles. The summed E-state index contributed by atoms with van der Waals surface area (Å²) in [4.78, 5) is 32.2. The van der Waals surface area contributed by atoms with E-state index in [0.29, 0.717) is 12.2 Å². The van der Waals surface area contributed by atoms with E-state index in [9.17, 15) is 14.0 Å². The zero-order valence-corrected chi connectivity index (χ0v) is 19.0. The minimum Gasteiger partial charge on any atom is -0.438 e. The van der Waals surface area contributed by atoms with Crippen LogP contribution in [0.3, 0.4) is 0 Å². The van der Waals surface area contributed by atoms with Crippen molar-refractivity contribution in [3.63, 3.8) is 0 Å². The number of pyridine rings is 1. The number of aromatic nitrogens is 1. The predicted octanol–water partition coefficient (Wildman–Crippen LogP) is 4.79. The van der Waals surface area contributed by atoms with Crippen molar-refractivity contribution in [2.24, 2.45) is 0 Å². The molecule has 2 aromatic rings. The average Bonchev–Trinajstić information content (AvgIpc) is 2.81. The molecule has 2 amide bonds. The van der Waals surface area contributed by atoms with E-state index >= 15 is 0 Å². The Morgan fingerprint density at radius 3 is 2.78 bits per heavy atom. The van der Waals surface area contributed by atoms with Crippen LogP contribution in [0.1, 0.15) is 55.3 Å². The maximum absolute atomic E-state index is 13.9. The molecule has 32 heavy (non-hydrogen) atoms. The van der Waals surface area contributed by atoms with Gasteiger partial charge in [0.1, 0.15) is 17.1 Å². The molecule has 1 saturated carbocycles. The lowest BCUT2D eigenvalue weighted by molar-refractivity contribution is -0.136. The number of carbonyl (C=O) groups is 2. The van der Waals surface area contributed by atoms with Crippen LogP contribution < -0.4 is 10.1 Å². The standard InChI is InChI=1S/C24H28FN3O3S/c1-32-20-6-4-5-19(14-20)31-24-21(13-16(25)15-26-24)23(30)27-17-8-10-18(11-9-17)28-12-3-2-7-22(28)29/h4-6,13-15,17-18H,2-3,7-12H2,1H3,(H,27,30). The number of likely N-dealkylation sites (tertiary alicyclic amines) is 1. The number of amides is 2. The van der Waals surface area contributed by atoms with Gasteiger partial charge in [-0.25, -0.2) is 9.37 Å². The molecule has 1 aromatic carbocycles. The number of rotatable bonds is 6. The summed E-state index contributed by atoms with van der Waals surface area (Å²) in [5.74, 6) is -0.119. The first-order valence-corrected chi connectivity index (χ1v) is 12.3. The van der Waals surface area contributed by atoms with E-state index in [-0.39, 0.29) is 29.4 Å². The molecule has 1 aliphatic heterocycles. The maximum Gasteiger partial charge on any atom is 0.257 e. The number of hydrogen-bond donors (Lipinski definition) is 1. The molecular formula is C24H28FN3O3S. The maximum atomic E-state index is 13.9. The zero-order valence-electron chi connectivity index (χ0n) is 18.2. The van der Waals surface area contributed by atoms with Crippen molar-refractivity contribution >= 4 is 23.6 Å². The minimum absolute atomic E-state index is 0.0189. The Kier molecular flexibility index (Phi) is 7.29. The number of nitrogens with one attached hydrogen (secondary N) is 1. The van der Waals surface area contributed by atoms with Crippen LogP contribution in [0.5, 0.6) is 11.6 Å². The second-order valence-corrected chi connectivity index (χ2v) is 9.19. The van der Waals surface area contributed by atoms with Crippen molar-refractivity contribution in [1.82, 2.24) is 15.2 Å². The second kappa shape index (κ2) is 10.3. The average molecular weight is 458 g/mol. The van der Waals surface area contributed by atoms with Gasteiger partial charge in [0.15, 0.2) is 0 Å². The summed E-state index contributed by atoms with van der Waals surface area (Å²) < 4.78 is 19.7. The highest BCUT2D eigenvalue weighted by Crippen LogP contribution is 2.29. The van der Waals surface area contributed by atoms with Crippen molar-refractivity contribution in [2.45, 2.75) is 61.9 Å². The highest BCUT2D eigenvalue weighted by Gasteiger charge is 2.31. The minimum atomic E-state index is -0.590. The van der Waals surface area contributed by atoms with E-state index in [0.717, 1.165) is 62.2 Å². The highest BCUT2D eigenvalue weighted by molar-refractivity contribution is 7.98. The lowest BCUT2D eigenvalue weighted by atomic mass is 9.89. The number of halogens is 1. The Morgan fingerprint density at radius 1 is 1.22 bits per heavy atom. The SMILES string of the molecule is CSc1cccc(Oc2ncc(F)cc2C(=O)NC2CCC(N3CCCCC3=O)CC2)c1. The molecule has 6 nitrogen and oxygen atoms in total. The van der Waals surface area contributed by atoms with E-state index in [4.69, 9.17) is 4.74 Å². The lowest BCUT2D eigenvalue weighted by Gasteiger charge is -2.39. The molecule has 1 N–H and O–H groups in total. The number of thioether (sulfide) groups is 1. The summed E-state index contributed by atoms with van der Waals surface area (Å²) in [6, 6.07) is 8.83. The fourth-order valence-corrected chi connectivity index (χ4v) is 4.90. The quantitative estimate of drug-likeness (QED) is 0.632. The van der Waals surface area contributed by atoms with Crippen molar-refractivity contribution < 1.29 is 18.7 Å². The van der Waals surface area contributed by atoms with E-state index < -0.39 is 11.7 Å². The molecule has 2 fully saturated rings. The third-order valence-electron chi connectivity index (χ3n) is 6.15. The molecular weight excluding hydrogens is 429 g/mol. The molecule has 1 aromatic heterocycles. The summed E-state index contributed by atoms with van der Waals surface area (Å²) in [6.45, 7) is 0.841. The molecule has 0 radical (unpaired) electrons. The first-order chi connectivity index (χ1) is 15.5. The van der Waals surface area contributed by atoms with E-state index in [1.54, 1.807) is 17.8 Å². The van der Waals surface area contributed by atoms with Crippen LogP contribution >= 0.6 is 11.8 Å². The van der Waals surface area contributed by atoms with Crippen molar-refractivity contribution in [3.05, 3.63) is 47.9 Å². The topological polar surface area (TPSA) is 71.5 Å². The Morgan fingerprint density at radius 2 is 2.03 bits per heavy atom. The third-order valence-corrected chi connectivity index (χ3v) is 6.88. The van der Waals surface area contributed by atoms with Crippen LogP contribution in [0, 0.1) is 5.82 Å². The van der Waals surface area contributed by atoms with Crippen LogP contribution in [0.15, 0.2) is 41.4 Å². The first-order valence-electron chi connectivity index (χ1n) is 11.1. The van der Waals surface area contributed by atoms with Gasteiger partial charge in [-0.2, -0.15) is 0 Å². The van der Waals surface area contributed by atoms with Crippen molar-refractivity contribution in [1.29, 1.82) is 0 Å². The number of carbonyl (C=O) groups excluding carboxylic acids is 2. The van der Waals surface area contributed by atoms with Gasteiger partial charge in [0, 0.05) is 29.9 Å². The first kappa shape index (κ1) is 22.6. The number of ether oxygens (including phenoxy) is 1. The van der Waals surface area contributed by atoms with Gasteiger partial charge in [-0.3, -0.25) is 9.59 Å². The number of piperidine rings is 1. The smallest absolute Gasteiger partial charge is 0.257 e. The Labute approximate surface area is 191 Å². The van der Waals surface area contributed by atoms with Gasteiger partial charge < -0.3 is 15.0 Å². The van der Waals surface area contributed by atoms with Gasteiger partial charge in [-0.1, -0.05) is 6.07 Å². The molecule has 1 saturated heterocycles. The Bertz CT molecular complexity index is 979. The fraction of sp³-hybridized carbons (Fsp3) is 0.458. The van der Waals surface area contributed by atoms with Gasteiger partial charge in [0.25, 0.3) is 5.91 Å². The van der Waals surface area contributed by atoms with Crippen LogP contribution in [-0.2, 0) is 4.79 Å². The van der Waals surface area contributed by atoms with E-state index in [1.165, 1.54) is 0 Å². The summed E-state index contributed by atoms with van der Waals surface area (Å²) in [5.41, 5.74) is 0.0767. The largest absolute Gasteiger partial charge is 0.438 e. The van der Waals surface area contributed by atoms with Gasteiger partial charge in [-0.05, 0) is 69.0 Å². The van der Waals surface area contributed by atoms with Gasteiger partial charge in [0.05, 0.1) is 6.20 Å². The monoisotopic (exact) mass is 457 g/mol. The summed E-state index contributed by atoms with van der Waals surface area (Å²) >= 11 is 1.58. The summed E-state index contributed by atoms with van der Waals surface area (Å²) in [6.07, 6.45) is 9.00. The van der Waals surface area contributed by atoms with Crippen LogP contribution in [0.2, 0.25) is 0 Å². The summed E-state index contributed by atoms with van der Waals surface area (Å²) in [5, 5.41) is 3.01. The van der Waals surface area contributed by atoms with Gasteiger partial charge >= 0.3 is 0 Å². The van der Waals surface area contributed by atoms with Gasteiger partial charge in [-0.15, -0.1) is 11.8 Å². The Hall–Kier alpha value is -2.61. The molecule has 170 valence electrons. The predicted molar refractivity (Wildman–Crippen MR) is 122 cm³/mol. The lowest BCUT2D eigenvalue weighted by Crippen LogP contribution is -2.47. The van der Waals surface area contributed by atoms with Crippen LogP contribution in [0.25, 0.3) is 0 Å². The Balaban J connectivity index is 1.40. The van der Waals surface area contributed by atoms with E-state index in [1.807, 2.05) is 29.4 Å². The zero-order chi connectivity index (χ0) is 22.5. The molecule has 2 aliphatic rings. The molecule has 2 heterocycles. The molecule has 0 bridgehead atoms. The normalized spacial score (nSPS) is 21.3. The number of hydrogen-bond acceptors (Lipinski definition) is 5. The molecule has 0 spiro atoms. The van der Waals surface area contributed by atoms with E-state index in [2.05, 4.69) is 10.3 Å². The van der Waals surface area contributed by atoms with Crippen LogP contribution in [-0.4, -0.2) is 46.6 Å².